The predicted octanol–water partition coefficient (Wildman–Crippen LogP) is 4.76. The van der Waals surface area contributed by atoms with Crippen molar-refractivity contribution >= 4 is 0 Å². The summed E-state index contributed by atoms with van der Waals surface area (Å²) in [5.41, 5.74) is 5.67. The molecule has 0 saturated carbocycles. The zero-order chi connectivity index (χ0) is 17.1. The van der Waals surface area contributed by atoms with E-state index in [1.54, 1.807) is 6.07 Å². The third-order valence-corrected chi connectivity index (χ3v) is 4.24. The van der Waals surface area contributed by atoms with Crippen LogP contribution < -0.4 is 0 Å². The van der Waals surface area contributed by atoms with Crippen LogP contribution in [0.5, 0.6) is 5.75 Å². The second kappa shape index (κ2) is 7.14. The van der Waals surface area contributed by atoms with Crippen molar-refractivity contribution in [2.24, 2.45) is 0 Å². The Labute approximate surface area is 139 Å². The van der Waals surface area contributed by atoms with Crippen molar-refractivity contribution in [2.45, 2.75) is 59.5 Å². The molecule has 0 atom stereocenters. The van der Waals surface area contributed by atoms with Gasteiger partial charge in [0.25, 0.3) is 0 Å². The SMILES string of the molecule is CCc1c(C(C)C)nc(C(C)C)c(CO)c1-c1ccccc1O. The number of rotatable bonds is 5. The van der Waals surface area contributed by atoms with Gasteiger partial charge in [-0.05, 0) is 35.4 Å². The first kappa shape index (κ1) is 17.5. The lowest BCUT2D eigenvalue weighted by atomic mass is 9.86. The van der Waals surface area contributed by atoms with E-state index in [0.717, 1.165) is 40.1 Å². The minimum atomic E-state index is -0.0739. The van der Waals surface area contributed by atoms with Gasteiger partial charge < -0.3 is 10.2 Å². The van der Waals surface area contributed by atoms with Crippen molar-refractivity contribution in [3.05, 3.63) is 46.8 Å². The summed E-state index contributed by atoms with van der Waals surface area (Å²) in [6, 6.07) is 7.34. The second-order valence-corrected chi connectivity index (χ2v) is 6.55. The van der Waals surface area contributed by atoms with Crippen LogP contribution in [-0.2, 0) is 13.0 Å². The van der Waals surface area contributed by atoms with Crippen molar-refractivity contribution in [1.82, 2.24) is 4.98 Å². The van der Waals surface area contributed by atoms with E-state index in [4.69, 9.17) is 4.98 Å². The Morgan fingerprint density at radius 2 is 1.52 bits per heavy atom. The van der Waals surface area contributed by atoms with Crippen LogP contribution in [0.15, 0.2) is 24.3 Å². The lowest BCUT2D eigenvalue weighted by Crippen LogP contribution is -2.12. The highest BCUT2D eigenvalue weighted by molar-refractivity contribution is 5.77. The van der Waals surface area contributed by atoms with Crippen LogP contribution in [0.3, 0.4) is 0 Å². The summed E-state index contributed by atoms with van der Waals surface area (Å²) in [6.07, 6.45) is 0.815. The van der Waals surface area contributed by atoms with Gasteiger partial charge in [0.2, 0.25) is 0 Å². The summed E-state index contributed by atoms with van der Waals surface area (Å²) in [5, 5.41) is 20.4. The maximum Gasteiger partial charge on any atom is 0.123 e. The average molecular weight is 313 g/mol. The van der Waals surface area contributed by atoms with E-state index in [2.05, 4.69) is 34.6 Å². The third-order valence-electron chi connectivity index (χ3n) is 4.24. The molecule has 2 aromatic rings. The Morgan fingerprint density at radius 1 is 0.957 bits per heavy atom. The Hall–Kier alpha value is -1.87. The van der Waals surface area contributed by atoms with Crippen LogP contribution in [-0.4, -0.2) is 15.2 Å². The molecule has 124 valence electrons. The van der Waals surface area contributed by atoms with Gasteiger partial charge in [-0.25, -0.2) is 0 Å². The molecule has 0 spiro atoms. The molecule has 0 amide bonds. The minimum Gasteiger partial charge on any atom is -0.507 e. The molecule has 23 heavy (non-hydrogen) atoms. The molecule has 0 unspecified atom stereocenters. The van der Waals surface area contributed by atoms with Gasteiger partial charge in [-0.3, -0.25) is 4.98 Å². The molecule has 0 aliphatic rings. The summed E-state index contributed by atoms with van der Waals surface area (Å²) in [6.45, 7) is 10.5. The lowest BCUT2D eigenvalue weighted by molar-refractivity contribution is 0.279. The molecule has 3 heteroatoms. The maximum atomic E-state index is 10.4. The van der Waals surface area contributed by atoms with Crippen molar-refractivity contribution in [3.63, 3.8) is 0 Å². The number of phenolic OH excluding ortho intramolecular Hbond substituents is 1. The summed E-state index contributed by atoms with van der Waals surface area (Å²) in [4.78, 5) is 4.89. The fraction of sp³-hybridized carbons (Fsp3) is 0.450. The maximum absolute atomic E-state index is 10.4. The molecular weight excluding hydrogens is 286 g/mol. The molecule has 0 radical (unpaired) electrons. The van der Waals surface area contributed by atoms with E-state index in [0.29, 0.717) is 5.92 Å². The molecule has 1 aromatic carbocycles. The number of benzene rings is 1. The Kier molecular flexibility index (Phi) is 5.42. The number of hydrogen-bond acceptors (Lipinski definition) is 3. The van der Waals surface area contributed by atoms with Gasteiger partial charge in [-0.2, -0.15) is 0 Å². The van der Waals surface area contributed by atoms with Crippen LogP contribution in [0, 0.1) is 0 Å². The number of aromatic nitrogens is 1. The van der Waals surface area contributed by atoms with E-state index < -0.39 is 0 Å². The number of aliphatic hydroxyl groups excluding tert-OH is 1. The molecule has 3 nitrogen and oxygen atoms in total. The second-order valence-electron chi connectivity index (χ2n) is 6.55. The third kappa shape index (κ3) is 3.25. The number of para-hydroxylation sites is 1. The molecular formula is C20H27NO2. The van der Waals surface area contributed by atoms with Crippen LogP contribution in [0.25, 0.3) is 11.1 Å². The van der Waals surface area contributed by atoms with Crippen LogP contribution >= 0.6 is 0 Å². The fourth-order valence-corrected chi connectivity index (χ4v) is 3.19. The highest BCUT2D eigenvalue weighted by Crippen LogP contribution is 2.40. The summed E-state index contributed by atoms with van der Waals surface area (Å²) < 4.78 is 0. The van der Waals surface area contributed by atoms with Gasteiger partial charge in [-0.15, -0.1) is 0 Å². The van der Waals surface area contributed by atoms with E-state index in [1.165, 1.54) is 0 Å². The first-order valence-electron chi connectivity index (χ1n) is 8.37. The zero-order valence-corrected chi connectivity index (χ0v) is 14.7. The quantitative estimate of drug-likeness (QED) is 0.837. The Bertz CT molecular complexity index is 656. The number of aromatic hydroxyl groups is 1. The molecule has 0 saturated heterocycles. The first-order chi connectivity index (χ1) is 10.9. The monoisotopic (exact) mass is 313 g/mol. The molecule has 2 rings (SSSR count). The van der Waals surface area contributed by atoms with Gasteiger partial charge in [-0.1, -0.05) is 52.8 Å². The van der Waals surface area contributed by atoms with E-state index in [1.807, 2.05) is 18.2 Å². The van der Waals surface area contributed by atoms with Crippen molar-refractivity contribution in [1.29, 1.82) is 0 Å². The van der Waals surface area contributed by atoms with E-state index in [-0.39, 0.29) is 18.3 Å². The number of nitrogens with zero attached hydrogens (tertiary/aromatic N) is 1. The fourth-order valence-electron chi connectivity index (χ4n) is 3.19. The normalized spacial score (nSPS) is 11.5. The highest BCUT2D eigenvalue weighted by atomic mass is 16.3. The van der Waals surface area contributed by atoms with Gasteiger partial charge >= 0.3 is 0 Å². The molecule has 0 aliphatic carbocycles. The number of aliphatic hydroxyl groups is 1. The standard InChI is InChI=1S/C20H27NO2/c1-6-14-18(15-9-7-8-10-17(15)23)16(11-22)20(13(4)5)21-19(14)12(2)3/h7-10,12-13,22-23H,6,11H2,1-5H3. The van der Waals surface area contributed by atoms with Gasteiger partial charge in [0, 0.05) is 22.5 Å². The molecule has 2 N–H and O–H groups in total. The first-order valence-corrected chi connectivity index (χ1v) is 8.37. The van der Waals surface area contributed by atoms with Gasteiger partial charge in [0.05, 0.1) is 6.61 Å². The largest absolute Gasteiger partial charge is 0.507 e. The zero-order valence-electron chi connectivity index (χ0n) is 14.7. The minimum absolute atomic E-state index is 0.0739. The van der Waals surface area contributed by atoms with Crippen molar-refractivity contribution in [3.8, 4) is 16.9 Å². The molecule has 0 aliphatic heterocycles. The van der Waals surface area contributed by atoms with Crippen molar-refractivity contribution < 1.29 is 10.2 Å². The lowest BCUT2D eigenvalue weighted by Gasteiger charge is -2.24. The summed E-state index contributed by atoms with van der Waals surface area (Å²) in [5.74, 6) is 0.748. The van der Waals surface area contributed by atoms with Gasteiger partial charge in [0.15, 0.2) is 0 Å². The van der Waals surface area contributed by atoms with E-state index >= 15 is 0 Å². The van der Waals surface area contributed by atoms with Crippen LogP contribution in [0.2, 0.25) is 0 Å². The van der Waals surface area contributed by atoms with Gasteiger partial charge in [0.1, 0.15) is 5.75 Å². The number of phenols is 1. The number of pyridine rings is 1. The Balaban J connectivity index is 2.94. The molecule has 1 heterocycles. The van der Waals surface area contributed by atoms with E-state index in [9.17, 15) is 10.2 Å². The Morgan fingerprint density at radius 3 is 2.00 bits per heavy atom. The summed E-state index contributed by atoms with van der Waals surface area (Å²) in [7, 11) is 0. The predicted molar refractivity (Wildman–Crippen MR) is 94.8 cm³/mol. The van der Waals surface area contributed by atoms with Crippen molar-refractivity contribution in [2.75, 3.05) is 0 Å². The van der Waals surface area contributed by atoms with Crippen LogP contribution in [0.1, 0.15) is 69.0 Å². The number of hydrogen-bond donors (Lipinski definition) is 2. The molecule has 1 aromatic heterocycles. The molecule has 0 bridgehead atoms. The molecule has 0 fully saturated rings. The average Bonchev–Trinajstić information content (AvgIpc) is 2.52. The topological polar surface area (TPSA) is 53.4 Å². The van der Waals surface area contributed by atoms with Crippen LogP contribution in [0.4, 0.5) is 0 Å². The smallest absolute Gasteiger partial charge is 0.123 e. The summed E-state index contributed by atoms with van der Waals surface area (Å²) >= 11 is 0. The highest BCUT2D eigenvalue weighted by Gasteiger charge is 2.23.